The van der Waals surface area contributed by atoms with Gasteiger partial charge < -0.3 is 4.74 Å². The Morgan fingerprint density at radius 1 is 0.944 bits per heavy atom. The van der Waals surface area contributed by atoms with Gasteiger partial charge in [0.2, 0.25) is 0 Å². The summed E-state index contributed by atoms with van der Waals surface area (Å²) in [5, 5.41) is 0. The lowest BCUT2D eigenvalue weighted by Crippen LogP contribution is -2.40. The van der Waals surface area contributed by atoms with Gasteiger partial charge >= 0.3 is 12.1 Å². The van der Waals surface area contributed by atoms with E-state index in [9.17, 15) is 26.4 Å². The topological polar surface area (TPSA) is 63.7 Å². The average molecular weight is 514 g/mol. The first-order chi connectivity index (χ1) is 17.0. The summed E-state index contributed by atoms with van der Waals surface area (Å²) in [6.07, 6.45) is -5.13. The number of rotatable bonds is 6. The second-order valence-corrected chi connectivity index (χ2v) is 9.43. The van der Waals surface area contributed by atoms with Crippen LogP contribution in [0.1, 0.15) is 22.7 Å². The molecule has 5 nitrogen and oxygen atoms in total. The average Bonchev–Trinajstić information content (AvgIpc) is 2.86. The third-order valence-electron chi connectivity index (χ3n) is 5.04. The van der Waals surface area contributed by atoms with E-state index >= 15 is 0 Å². The summed E-state index contributed by atoms with van der Waals surface area (Å²) >= 11 is 0. The van der Waals surface area contributed by atoms with E-state index in [1.807, 2.05) is 0 Å². The fourth-order valence-corrected chi connectivity index (χ4v) is 4.83. The van der Waals surface area contributed by atoms with E-state index in [1.54, 1.807) is 55.5 Å². The van der Waals surface area contributed by atoms with Gasteiger partial charge in [0.25, 0.3) is 10.0 Å². The predicted octanol–water partition coefficient (Wildman–Crippen LogP) is 5.40. The van der Waals surface area contributed by atoms with E-state index in [2.05, 4.69) is 16.6 Å². The number of nitrogens with zero attached hydrogens (tertiary/aromatic N) is 1. The van der Waals surface area contributed by atoms with Gasteiger partial charge in [0.05, 0.1) is 18.1 Å². The van der Waals surface area contributed by atoms with Crippen molar-refractivity contribution < 1.29 is 31.1 Å². The standard InChI is InChI=1S/C27H22F3NO4S/c1-20-13-16-23(17-14-20)36(33,34)31(25(27(28,29)30)19-26(32)35-2)24(22-11-7-4-8-12-22)18-15-21-9-5-3-6-10-21/h3-14,16-17,19,24H,1-2H3/b25-19+/t24-/m1/s1. The van der Waals surface area contributed by atoms with Gasteiger partial charge in [-0.25, -0.2) is 17.5 Å². The molecule has 0 fully saturated rings. The molecule has 0 aliphatic heterocycles. The van der Waals surface area contributed by atoms with Crippen LogP contribution in [-0.4, -0.2) is 32.0 Å². The highest BCUT2D eigenvalue weighted by Gasteiger charge is 2.46. The molecule has 0 N–H and O–H groups in total. The van der Waals surface area contributed by atoms with Gasteiger partial charge in [-0.2, -0.15) is 13.2 Å². The third kappa shape index (κ3) is 6.34. The number of allylic oxidation sites excluding steroid dienone is 1. The maximum atomic E-state index is 14.4. The molecule has 0 aromatic heterocycles. The molecule has 0 aliphatic rings. The number of carbonyl (C=O) groups is 1. The van der Waals surface area contributed by atoms with Gasteiger partial charge in [-0.1, -0.05) is 78.1 Å². The van der Waals surface area contributed by atoms with Gasteiger partial charge in [0.1, 0.15) is 11.7 Å². The van der Waals surface area contributed by atoms with Crippen molar-refractivity contribution >= 4 is 16.0 Å². The van der Waals surface area contributed by atoms with Crippen LogP contribution in [0.25, 0.3) is 0 Å². The smallest absolute Gasteiger partial charge is 0.432 e. The van der Waals surface area contributed by atoms with Crippen molar-refractivity contribution in [3.63, 3.8) is 0 Å². The zero-order chi connectivity index (χ0) is 26.3. The van der Waals surface area contributed by atoms with Crippen molar-refractivity contribution in [2.24, 2.45) is 0 Å². The maximum absolute atomic E-state index is 14.4. The molecule has 3 aromatic rings. The summed E-state index contributed by atoms with van der Waals surface area (Å²) in [5.41, 5.74) is -0.371. The SMILES string of the molecule is COC(=O)/C=C(/N([C@H](C#Cc1ccccc1)c1ccccc1)S(=O)(=O)c1ccc(C)cc1)C(F)(F)F. The Hall–Kier alpha value is -4.03. The molecule has 0 spiro atoms. The highest BCUT2D eigenvalue weighted by Crippen LogP contribution is 2.39. The predicted molar refractivity (Wildman–Crippen MR) is 129 cm³/mol. The number of esters is 1. The maximum Gasteiger partial charge on any atom is 0.432 e. The lowest BCUT2D eigenvalue weighted by atomic mass is 10.1. The Labute approximate surface area is 207 Å². The highest BCUT2D eigenvalue weighted by atomic mass is 32.2. The van der Waals surface area contributed by atoms with Gasteiger partial charge in [0, 0.05) is 5.56 Å². The zero-order valence-corrected chi connectivity index (χ0v) is 20.2. The molecule has 0 aliphatic carbocycles. The van der Waals surface area contributed by atoms with E-state index in [4.69, 9.17) is 0 Å². The summed E-state index contributed by atoms with van der Waals surface area (Å²) in [7, 11) is -3.97. The van der Waals surface area contributed by atoms with E-state index in [0.29, 0.717) is 11.1 Å². The van der Waals surface area contributed by atoms with Crippen LogP contribution in [0.5, 0.6) is 0 Å². The number of alkyl halides is 3. The quantitative estimate of drug-likeness (QED) is 0.252. The summed E-state index contributed by atoms with van der Waals surface area (Å²) < 4.78 is 75.3. The number of halogens is 3. The first-order valence-electron chi connectivity index (χ1n) is 10.6. The number of sulfonamides is 1. The molecule has 9 heteroatoms. The molecular weight excluding hydrogens is 491 g/mol. The normalized spacial score (nSPS) is 12.8. The van der Waals surface area contributed by atoms with Crippen molar-refractivity contribution in [3.05, 3.63) is 113 Å². The lowest BCUT2D eigenvalue weighted by Gasteiger charge is -2.32. The zero-order valence-electron chi connectivity index (χ0n) is 19.4. The second kappa shape index (κ2) is 11.1. The molecule has 0 unspecified atom stereocenters. The number of methoxy groups -OCH3 is 1. The summed E-state index contributed by atoms with van der Waals surface area (Å²) in [6.45, 7) is 1.71. The number of hydrogen-bond donors (Lipinski definition) is 0. The minimum absolute atomic E-state index is 0.117. The van der Waals surface area contributed by atoms with Crippen LogP contribution >= 0.6 is 0 Å². The molecule has 3 rings (SSSR count). The van der Waals surface area contributed by atoms with E-state index < -0.39 is 38.8 Å². The van der Waals surface area contributed by atoms with Crippen molar-refractivity contribution in [3.8, 4) is 11.8 Å². The Morgan fingerprint density at radius 2 is 1.50 bits per heavy atom. The van der Waals surface area contributed by atoms with Crippen LogP contribution < -0.4 is 0 Å². The number of benzene rings is 3. The molecule has 186 valence electrons. The Morgan fingerprint density at radius 3 is 2.03 bits per heavy atom. The molecule has 3 aromatic carbocycles. The molecule has 0 bridgehead atoms. The minimum Gasteiger partial charge on any atom is -0.466 e. The van der Waals surface area contributed by atoms with E-state index in [0.717, 1.165) is 7.11 Å². The van der Waals surface area contributed by atoms with Gasteiger partial charge in [0.15, 0.2) is 0 Å². The van der Waals surface area contributed by atoms with Crippen LogP contribution in [0.2, 0.25) is 0 Å². The third-order valence-corrected chi connectivity index (χ3v) is 6.83. The molecule has 0 heterocycles. The van der Waals surface area contributed by atoms with Crippen LogP contribution in [0.4, 0.5) is 13.2 Å². The first kappa shape index (κ1) is 26.6. The van der Waals surface area contributed by atoms with Crippen molar-refractivity contribution in [2.75, 3.05) is 7.11 Å². The van der Waals surface area contributed by atoms with Gasteiger partial charge in [-0.05, 0) is 36.8 Å². The number of hydrogen-bond acceptors (Lipinski definition) is 4. The molecule has 0 saturated heterocycles. The Bertz CT molecular complexity index is 1390. The summed E-state index contributed by atoms with van der Waals surface area (Å²) in [6, 6.07) is 19.8. The number of aryl methyl sites for hydroxylation is 1. The monoisotopic (exact) mass is 513 g/mol. The molecule has 0 saturated carbocycles. The Balaban J connectivity index is 2.36. The van der Waals surface area contributed by atoms with Crippen LogP contribution in [-0.2, 0) is 19.6 Å². The first-order valence-corrected chi connectivity index (χ1v) is 12.1. The van der Waals surface area contributed by atoms with E-state index in [1.165, 1.54) is 36.4 Å². The molecular formula is C27H22F3NO4S. The van der Waals surface area contributed by atoms with Crippen LogP contribution in [0.15, 0.2) is 102 Å². The highest BCUT2D eigenvalue weighted by molar-refractivity contribution is 7.89. The fraction of sp³-hybridized carbons (Fsp3) is 0.148. The van der Waals surface area contributed by atoms with Gasteiger partial charge in [-0.15, -0.1) is 0 Å². The molecule has 36 heavy (non-hydrogen) atoms. The molecule has 0 radical (unpaired) electrons. The largest absolute Gasteiger partial charge is 0.466 e. The summed E-state index contributed by atoms with van der Waals surface area (Å²) in [5.74, 6) is 4.08. The summed E-state index contributed by atoms with van der Waals surface area (Å²) in [4.78, 5) is 11.6. The minimum atomic E-state index is -5.24. The van der Waals surface area contributed by atoms with E-state index in [-0.39, 0.29) is 15.9 Å². The molecule has 1 atom stereocenters. The fourth-order valence-electron chi connectivity index (χ4n) is 3.26. The van der Waals surface area contributed by atoms with Crippen LogP contribution in [0.3, 0.4) is 0 Å². The van der Waals surface area contributed by atoms with Crippen LogP contribution in [0, 0.1) is 18.8 Å². The molecule has 0 amide bonds. The van der Waals surface area contributed by atoms with Gasteiger partial charge in [-0.3, -0.25) is 0 Å². The number of ether oxygens (including phenoxy) is 1. The number of carbonyl (C=O) groups excluding carboxylic acids is 1. The lowest BCUT2D eigenvalue weighted by molar-refractivity contribution is -0.136. The van der Waals surface area contributed by atoms with Crippen molar-refractivity contribution in [2.45, 2.75) is 24.0 Å². The second-order valence-electron chi connectivity index (χ2n) is 7.61. The van der Waals surface area contributed by atoms with Crippen molar-refractivity contribution in [1.29, 1.82) is 0 Å². The Kier molecular flexibility index (Phi) is 8.22. The van der Waals surface area contributed by atoms with Crippen molar-refractivity contribution in [1.82, 2.24) is 4.31 Å².